The molecule has 1 amide bonds. The minimum atomic E-state index is 0.399. The van der Waals surface area contributed by atoms with Gasteiger partial charge in [-0.15, -0.1) is 0 Å². The third-order valence-electron chi connectivity index (χ3n) is 5.94. The highest BCUT2D eigenvalue weighted by molar-refractivity contribution is 5.77. The number of hydrogen-bond acceptors (Lipinski definition) is 4. The van der Waals surface area contributed by atoms with E-state index in [1.54, 1.807) is 6.33 Å². The standard InChI is InChI=1S/C18H26N4O/c1-13-7-19-12-20-18(13)22-10-15-8-21(9-16(15)11-22)17(23)6-14-4-2-3-5-14/h7,12,14-16H,2-6,8-11H2,1H3. The summed E-state index contributed by atoms with van der Waals surface area (Å²) < 4.78 is 0. The minimum Gasteiger partial charge on any atom is -0.356 e. The molecular formula is C18H26N4O. The number of nitrogens with zero attached hydrogens (tertiary/aromatic N) is 4. The van der Waals surface area contributed by atoms with Crippen LogP contribution < -0.4 is 4.90 Å². The van der Waals surface area contributed by atoms with Crippen molar-refractivity contribution in [1.29, 1.82) is 0 Å². The fraction of sp³-hybridized carbons (Fsp3) is 0.722. The Bertz CT molecular complexity index is 570. The van der Waals surface area contributed by atoms with E-state index >= 15 is 0 Å². The SMILES string of the molecule is Cc1cncnc1N1CC2CN(C(=O)CC3CCCC3)CC2C1. The first-order chi connectivity index (χ1) is 11.2. The van der Waals surface area contributed by atoms with Crippen LogP contribution in [0.15, 0.2) is 12.5 Å². The third kappa shape index (κ3) is 2.93. The Balaban J connectivity index is 1.34. The molecule has 2 aliphatic heterocycles. The molecule has 1 saturated carbocycles. The zero-order valence-corrected chi connectivity index (χ0v) is 13.9. The van der Waals surface area contributed by atoms with Gasteiger partial charge in [-0.25, -0.2) is 9.97 Å². The van der Waals surface area contributed by atoms with Crippen LogP contribution >= 0.6 is 0 Å². The first kappa shape index (κ1) is 14.9. The van der Waals surface area contributed by atoms with Crippen LogP contribution in [0.25, 0.3) is 0 Å². The number of hydrogen-bond donors (Lipinski definition) is 0. The molecule has 0 spiro atoms. The van der Waals surface area contributed by atoms with E-state index in [9.17, 15) is 4.79 Å². The maximum atomic E-state index is 12.5. The fourth-order valence-electron chi connectivity index (χ4n) is 4.68. The Kier molecular flexibility index (Phi) is 3.95. The van der Waals surface area contributed by atoms with Crippen molar-refractivity contribution in [2.75, 3.05) is 31.1 Å². The molecule has 0 bridgehead atoms. The van der Waals surface area contributed by atoms with Crippen molar-refractivity contribution in [1.82, 2.24) is 14.9 Å². The Morgan fingerprint density at radius 3 is 2.52 bits per heavy atom. The van der Waals surface area contributed by atoms with E-state index in [2.05, 4.69) is 26.7 Å². The summed E-state index contributed by atoms with van der Waals surface area (Å²) in [5, 5.41) is 0. The van der Waals surface area contributed by atoms with Crippen LogP contribution in [-0.4, -0.2) is 47.0 Å². The van der Waals surface area contributed by atoms with Gasteiger partial charge in [-0.1, -0.05) is 12.8 Å². The van der Waals surface area contributed by atoms with Crippen LogP contribution in [0.1, 0.15) is 37.7 Å². The molecule has 1 aliphatic carbocycles. The van der Waals surface area contributed by atoms with Crippen LogP contribution in [-0.2, 0) is 4.79 Å². The molecule has 1 aromatic heterocycles. The minimum absolute atomic E-state index is 0.399. The second-order valence-electron chi connectivity index (χ2n) is 7.61. The van der Waals surface area contributed by atoms with Crippen LogP contribution in [0, 0.1) is 24.7 Å². The van der Waals surface area contributed by atoms with Crippen molar-refractivity contribution in [3.05, 3.63) is 18.1 Å². The number of aromatic nitrogens is 2. The smallest absolute Gasteiger partial charge is 0.222 e. The molecule has 2 unspecified atom stereocenters. The molecule has 2 saturated heterocycles. The molecule has 0 radical (unpaired) electrons. The zero-order chi connectivity index (χ0) is 15.8. The number of rotatable bonds is 3. The van der Waals surface area contributed by atoms with E-state index in [1.165, 1.54) is 25.7 Å². The van der Waals surface area contributed by atoms with Gasteiger partial charge in [-0.05, 0) is 25.7 Å². The Labute approximate surface area is 138 Å². The Morgan fingerprint density at radius 2 is 1.87 bits per heavy atom. The lowest BCUT2D eigenvalue weighted by Gasteiger charge is -2.24. The summed E-state index contributed by atoms with van der Waals surface area (Å²) >= 11 is 0. The molecule has 0 aromatic carbocycles. The summed E-state index contributed by atoms with van der Waals surface area (Å²) in [5.74, 6) is 3.34. The molecule has 23 heavy (non-hydrogen) atoms. The summed E-state index contributed by atoms with van der Waals surface area (Å²) in [6, 6.07) is 0. The lowest BCUT2D eigenvalue weighted by Crippen LogP contribution is -2.34. The van der Waals surface area contributed by atoms with Crippen molar-refractivity contribution in [2.24, 2.45) is 17.8 Å². The number of carbonyl (C=O) groups is 1. The molecule has 3 aliphatic rings. The molecule has 1 aromatic rings. The van der Waals surface area contributed by atoms with Crippen LogP contribution in [0.4, 0.5) is 5.82 Å². The molecule has 2 atom stereocenters. The first-order valence-corrected chi connectivity index (χ1v) is 9.00. The predicted molar refractivity (Wildman–Crippen MR) is 89.1 cm³/mol. The van der Waals surface area contributed by atoms with Crippen molar-refractivity contribution in [3.63, 3.8) is 0 Å². The van der Waals surface area contributed by atoms with Gasteiger partial charge in [-0.3, -0.25) is 4.79 Å². The van der Waals surface area contributed by atoms with Crippen molar-refractivity contribution < 1.29 is 4.79 Å². The van der Waals surface area contributed by atoms with E-state index in [0.29, 0.717) is 23.7 Å². The summed E-state index contributed by atoms with van der Waals surface area (Å²) in [6.07, 6.45) is 9.45. The van der Waals surface area contributed by atoms with E-state index < -0.39 is 0 Å². The molecule has 5 heteroatoms. The largest absolute Gasteiger partial charge is 0.356 e. The molecule has 4 rings (SSSR count). The summed E-state index contributed by atoms with van der Waals surface area (Å²) in [7, 11) is 0. The van der Waals surface area contributed by atoms with Gasteiger partial charge < -0.3 is 9.80 Å². The van der Waals surface area contributed by atoms with Gasteiger partial charge in [0, 0.05) is 56.2 Å². The topological polar surface area (TPSA) is 49.3 Å². The number of anilines is 1. The van der Waals surface area contributed by atoms with E-state index in [4.69, 9.17) is 0 Å². The average molecular weight is 314 g/mol. The number of aryl methyl sites for hydroxylation is 1. The van der Waals surface area contributed by atoms with Crippen LogP contribution in [0.3, 0.4) is 0 Å². The van der Waals surface area contributed by atoms with E-state index in [1.807, 2.05) is 6.20 Å². The lowest BCUT2D eigenvalue weighted by atomic mass is 10.0. The molecule has 5 nitrogen and oxygen atoms in total. The summed E-state index contributed by atoms with van der Waals surface area (Å²) in [6.45, 7) is 6.00. The monoisotopic (exact) mass is 314 g/mol. The molecule has 3 fully saturated rings. The van der Waals surface area contributed by atoms with Crippen LogP contribution in [0.5, 0.6) is 0 Å². The van der Waals surface area contributed by atoms with Crippen molar-refractivity contribution in [3.8, 4) is 0 Å². The second kappa shape index (κ2) is 6.10. The molecule has 3 heterocycles. The van der Waals surface area contributed by atoms with Gasteiger partial charge in [0.1, 0.15) is 12.1 Å². The van der Waals surface area contributed by atoms with Crippen molar-refractivity contribution in [2.45, 2.75) is 39.0 Å². The average Bonchev–Trinajstić information content (AvgIpc) is 3.22. The quantitative estimate of drug-likeness (QED) is 0.859. The highest BCUT2D eigenvalue weighted by Gasteiger charge is 2.42. The summed E-state index contributed by atoms with van der Waals surface area (Å²) in [5.41, 5.74) is 1.14. The zero-order valence-electron chi connectivity index (χ0n) is 13.9. The van der Waals surface area contributed by atoms with Gasteiger partial charge in [0.25, 0.3) is 0 Å². The fourth-order valence-corrected chi connectivity index (χ4v) is 4.68. The van der Waals surface area contributed by atoms with E-state index in [0.717, 1.165) is 44.0 Å². The molecule has 0 N–H and O–H groups in total. The van der Waals surface area contributed by atoms with Gasteiger partial charge in [0.15, 0.2) is 0 Å². The second-order valence-corrected chi connectivity index (χ2v) is 7.61. The highest BCUT2D eigenvalue weighted by atomic mass is 16.2. The van der Waals surface area contributed by atoms with E-state index in [-0.39, 0.29) is 0 Å². The highest BCUT2D eigenvalue weighted by Crippen LogP contribution is 2.35. The Morgan fingerprint density at radius 1 is 1.17 bits per heavy atom. The lowest BCUT2D eigenvalue weighted by molar-refractivity contribution is -0.131. The number of likely N-dealkylation sites (tertiary alicyclic amines) is 1. The van der Waals surface area contributed by atoms with Gasteiger partial charge in [-0.2, -0.15) is 0 Å². The number of amides is 1. The number of carbonyl (C=O) groups excluding carboxylic acids is 1. The normalized spacial score (nSPS) is 27.7. The molecule has 124 valence electrons. The predicted octanol–water partition coefficient (Wildman–Crippen LogP) is 2.26. The first-order valence-electron chi connectivity index (χ1n) is 9.00. The van der Waals surface area contributed by atoms with Gasteiger partial charge in [0.05, 0.1) is 0 Å². The number of fused-ring (bicyclic) bond motifs is 1. The maximum absolute atomic E-state index is 12.5. The van der Waals surface area contributed by atoms with Gasteiger partial charge >= 0.3 is 0 Å². The van der Waals surface area contributed by atoms with Gasteiger partial charge in [0.2, 0.25) is 5.91 Å². The van der Waals surface area contributed by atoms with Crippen LogP contribution in [0.2, 0.25) is 0 Å². The van der Waals surface area contributed by atoms with Crippen molar-refractivity contribution >= 4 is 11.7 Å². The maximum Gasteiger partial charge on any atom is 0.222 e. The molecular weight excluding hydrogens is 288 g/mol. The summed E-state index contributed by atoms with van der Waals surface area (Å²) in [4.78, 5) is 25.6. The third-order valence-corrected chi connectivity index (χ3v) is 5.94. The Hall–Kier alpha value is -1.65.